The molecule has 0 unspecified atom stereocenters. The lowest BCUT2D eigenvalue weighted by Gasteiger charge is -2.29. The van der Waals surface area contributed by atoms with Gasteiger partial charge < -0.3 is 15.4 Å². The van der Waals surface area contributed by atoms with Gasteiger partial charge in [0.2, 0.25) is 5.91 Å². The van der Waals surface area contributed by atoms with Crippen molar-refractivity contribution < 1.29 is 14.3 Å². The van der Waals surface area contributed by atoms with E-state index in [1.54, 1.807) is 5.38 Å². The number of hydrogen-bond donors (Lipinski definition) is 2. The van der Waals surface area contributed by atoms with E-state index in [2.05, 4.69) is 21.7 Å². The Hall–Kier alpha value is -2.41. The monoisotopic (exact) mass is 415 g/mol. The van der Waals surface area contributed by atoms with E-state index in [1.807, 2.05) is 32.9 Å². The van der Waals surface area contributed by atoms with E-state index in [-0.39, 0.29) is 23.9 Å². The molecule has 1 aliphatic rings. The number of aromatic nitrogens is 1. The maximum absolute atomic E-state index is 12.5. The van der Waals surface area contributed by atoms with Crippen molar-refractivity contribution in [3.05, 3.63) is 45.4 Å². The molecule has 1 saturated carbocycles. The number of ether oxygens (including phenoxy) is 1. The first-order chi connectivity index (χ1) is 13.9. The second-order valence-corrected chi connectivity index (χ2v) is 8.62. The number of carbonyl (C=O) groups is 2. The minimum Gasteiger partial charge on any atom is -0.486 e. The lowest BCUT2D eigenvalue weighted by molar-refractivity contribution is -0.121. The Morgan fingerprint density at radius 2 is 1.69 bits per heavy atom. The van der Waals surface area contributed by atoms with Crippen molar-refractivity contribution >= 4 is 23.2 Å². The Labute approximate surface area is 176 Å². The first kappa shape index (κ1) is 21.3. The Morgan fingerprint density at radius 1 is 1.07 bits per heavy atom. The average molecular weight is 416 g/mol. The lowest BCUT2D eigenvalue weighted by atomic mass is 9.91. The van der Waals surface area contributed by atoms with Crippen LogP contribution in [0.2, 0.25) is 0 Å². The first-order valence-electron chi connectivity index (χ1n) is 10.2. The van der Waals surface area contributed by atoms with Gasteiger partial charge in [0.15, 0.2) is 0 Å². The Kier molecular flexibility index (Phi) is 7.25. The highest BCUT2D eigenvalue weighted by Crippen LogP contribution is 2.21. The van der Waals surface area contributed by atoms with Crippen LogP contribution in [-0.4, -0.2) is 28.9 Å². The topological polar surface area (TPSA) is 80.3 Å². The SMILES string of the molecule is CCC(=O)NC1CCC(NC(=O)c2csc(COc3cc(C)cc(C)c3)n2)CC1. The number of nitrogens with one attached hydrogen (secondary N) is 2. The smallest absolute Gasteiger partial charge is 0.270 e. The van der Waals surface area contributed by atoms with Gasteiger partial charge in [0, 0.05) is 23.9 Å². The molecule has 0 atom stereocenters. The molecule has 2 aromatic rings. The molecule has 29 heavy (non-hydrogen) atoms. The molecule has 1 aromatic heterocycles. The van der Waals surface area contributed by atoms with Crippen molar-refractivity contribution in [1.29, 1.82) is 0 Å². The summed E-state index contributed by atoms with van der Waals surface area (Å²) < 4.78 is 5.83. The van der Waals surface area contributed by atoms with Crippen LogP contribution in [0, 0.1) is 13.8 Å². The van der Waals surface area contributed by atoms with Crippen LogP contribution in [0.1, 0.15) is 65.7 Å². The number of benzene rings is 1. The van der Waals surface area contributed by atoms with E-state index in [0.29, 0.717) is 18.7 Å². The molecule has 1 aliphatic carbocycles. The fourth-order valence-corrected chi connectivity index (χ4v) is 4.30. The van der Waals surface area contributed by atoms with Crippen LogP contribution in [0.3, 0.4) is 0 Å². The number of aryl methyl sites for hydroxylation is 2. The second-order valence-electron chi connectivity index (χ2n) is 7.68. The van der Waals surface area contributed by atoms with Gasteiger partial charge >= 0.3 is 0 Å². The molecular weight excluding hydrogens is 386 g/mol. The van der Waals surface area contributed by atoms with Crippen molar-refractivity contribution in [2.75, 3.05) is 0 Å². The zero-order chi connectivity index (χ0) is 20.8. The zero-order valence-electron chi connectivity index (χ0n) is 17.3. The molecule has 0 bridgehead atoms. The molecule has 7 heteroatoms. The molecule has 6 nitrogen and oxygen atoms in total. The number of rotatable bonds is 7. The van der Waals surface area contributed by atoms with Gasteiger partial charge in [-0.2, -0.15) is 0 Å². The molecule has 2 amide bonds. The van der Waals surface area contributed by atoms with E-state index in [1.165, 1.54) is 11.3 Å². The molecule has 1 aromatic carbocycles. The fraction of sp³-hybridized carbons (Fsp3) is 0.500. The predicted molar refractivity (Wildman–Crippen MR) is 114 cm³/mol. The summed E-state index contributed by atoms with van der Waals surface area (Å²) in [4.78, 5) is 28.4. The van der Waals surface area contributed by atoms with Gasteiger partial charge in [0.1, 0.15) is 23.1 Å². The van der Waals surface area contributed by atoms with E-state index >= 15 is 0 Å². The van der Waals surface area contributed by atoms with E-state index in [9.17, 15) is 9.59 Å². The maximum Gasteiger partial charge on any atom is 0.270 e. The number of nitrogens with zero attached hydrogens (tertiary/aromatic N) is 1. The highest BCUT2D eigenvalue weighted by molar-refractivity contribution is 7.09. The molecule has 156 valence electrons. The highest BCUT2D eigenvalue weighted by atomic mass is 32.1. The van der Waals surface area contributed by atoms with Crippen LogP contribution in [0.5, 0.6) is 5.75 Å². The van der Waals surface area contributed by atoms with Gasteiger partial charge in [0.05, 0.1) is 0 Å². The van der Waals surface area contributed by atoms with Gasteiger partial charge in [-0.05, 0) is 62.8 Å². The molecule has 3 rings (SSSR count). The quantitative estimate of drug-likeness (QED) is 0.719. The molecule has 1 heterocycles. The summed E-state index contributed by atoms with van der Waals surface area (Å²) in [6, 6.07) is 6.45. The summed E-state index contributed by atoms with van der Waals surface area (Å²) in [6.07, 6.45) is 4.03. The number of carbonyl (C=O) groups excluding carboxylic acids is 2. The van der Waals surface area contributed by atoms with Crippen LogP contribution < -0.4 is 15.4 Å². The Morgan fingerprint density at radius 3 is 2.31 bits per heavy atom. The first-order valence-corrected chi connectivity index (χ1v) is 11.1. The summed E-state index contributed by atoms with van der Waals surface area (Å²) in [5.41, 5.74) is 2.75. The number of hydrogen-bond acceptors (Lipinski definition) is 5. The van der Waals surface area contributed by atoms with Crippen LogP contribution in [0.4, 0.5) is 0 Å². The van der Waals surface area contributed by atoms with Gasteiger partial charge in [-0.25, -0.2) is 4.98 Å². The summed E-state index contributed by atoms with van der Waals surface area (Å²) in [5, 5.41) is 8.67. The lowest BCUT2D eigenvalue weighted by Crippen LogP contribution is -2.43. The molecular formula is C22H29N3O3S. The molecule has 0 radical (unpaired) electrons. The second kappa shape index (κ2) is 9.87. The number of thiazole rings is 1. The van der Waals surface area contributed by atoms with Crippen molar-refractivity contribution in [2.24, 2.45) is 0 Å². The third-order valence-electron chi connectivity index (χ3n) is 5.09. The zero-order valence-corrected chi connectivity index (χ0v) is 18.1. The van der Waals surface area contributed by atoms with E-state index in [4.69, 9.17) is 4.74 Å². The van der Waals surface area contributed by atoms with E-state index < -0.39 is 0 Å². The third-order valence-corrected chi connectivity index (χ3v) is 5.91. The predicted octanol–water partition coefficient (Wildman–Crippen LogP) is 3.91. The Bertz CT molecular complexity index is 836. The van der Waals surface area contributed by atoms with Crippen molar-refractivity contribution in [3.8, 4) is 5.75 Å². The van der Waals surface area contributed by atoms with Gasteiger partial charge in [-0.3, -0.25) is 9.59 Å². The van der Waals surface area contributed by atoms with Gasteiger partial charge in [0.25, 0.3) is 5.91 Å². The molecule has 1 fully saturated rings. The highest BCUT2D eigenvalue weighted by Gasteiger charge is 2.24. The molecule has 0 spiro atoms. The average Bonchev–Trinajstić information content (AvgIpc) is 3.16. The maximum atomic E-state index is 12.5. The fourth-order valence-electron chi connectivity index (χ4n) is 3.61. The summed E-state index contributed by atoms with van der Waals surface area (Å²) in [6.45, 7) is 6.28. The number of amides is 2. The largest absolute Gasteiger partial charge is 0.486 e. The minimum atomic E-state index is -0.139. The van der Waals surface area contributed by atoms with Crippen LogP contribution in [0.25, 0.3) is 0 Å². The summed E-state index contributed by atoms with van der Waals surface area (Å²) >= 11 is 1.43. The third kappa shape index (κ3) is 6.29. The summed E-state index contributed by atoms with van der Waals surface area (Å²) in [5.74, 6) is 0.770. The molecule has 2 N–H and O–H groups in total. The van der Waals surface area contributed by atoms with Crippen molar-refractivity contribution in [1.82, 2.24) is 15.6 Å². The molecule has 0 saturated heterocycles. The van der Waals surface area contributed by atoms with Gasteiger partial charge in [-0.1, -0.05) is 13.0 Å². The van der Waals surface area contributed by atoms with E-state index in [0.717, 1.165) is 47.6 Å². The normalized spacial score (nSPS) is 18.9. The summed E-state index contributed by atoms with van der Waals surface area (Å²) in [7, 11) is 0. The Balaban J connectivity index is 1.46. The van der Waals surface area contributed by atoms with Crippen molar-refractivity contribution in [3.63, 3.8) is 0 Å². The van der Waals surface area contributed by atoms with Gasteiger partial charge in [-0.15, -0.1) is 11.3 Å². The van der Waals surface area contributed by atoms with Crippen LogP contribution in [0.15, 0.2) is 23.6 Å². The standard InChI is InChI=1S/C22H29N3O3S/c1-4-20(26)23-16-5-7-17(8-6-16)24-22(27)19-13-29-21(25-19)12-28-18-10-14(2)9-15(3)11-18/h9-11,13,16-17H,4-8,12H2,1-3H3,(H,23,26)(H,24,27). The van der Waals surface area contributed by atoms with Crippen LogP contribution >= 0.6 is 11.3 Å². The van der Waals surface area contributed by atoms with Crippen LogP contribution in [-0.2, 0) is 11.4 Å². The van der Waals surface area contributed by atoms with Crippen molar-refractivity contribution in [2.45, 2.75) is 71.6 Å². The minimum absolute atomic E-state index is 0.0931. The molecule has 0 aliphatic heterocycles.